The van der Waals surface area contributed by atoms with Crippen LogP contribution < -0.4 is 0 Å². The van der Waals surface area contributed by atoms with E-state index in [0.717, 1.165) is 0 Å². The first-order chi connectivity index (χ1) is 8.86. The number of hydrogen-bond acceptors (Lipinski definition) is 0. The first kappa shape index (κ1) is 13.8. The van der Waals surface area contributed by atoms with E-state index in [1.807, 2.05) is 12.1 Å². The molecule has 0 saturated carbocycles. The molecule has 0 atom stereocenters. The van der Waals surface area contributed by atoms with E-state index in [1.54, 1.807) is 0 Å². The fourth-order valence-corrected chi connectivity index (χ4v) is 3.18. The molecular formula is C16H12I2. The Kier molecular flexibility index (Phi) is 5.44. The van der Waals surface area contributed by atoms with Gasteiger partial charge in [-0.05, 0) is 30.4 Å². The molecule has 0 aliphatic carbocycles. The molecule has 2 aromatic rings. The minimum Gasteiger partial charge on any atom is -0.0622 e. The van der Waals surface area contributed by atoms with Gasteiger partial charge in [0, 0.05) is 0 Å². The number of benzene rings is 2. The first-order valence-corrected chi connectivity index (χ1v) is 8.08. The minimum atomic E-state index is 1.25. The summed E-state index contributed by atoms with van der Waals surface area (Å²) in [6.45, 7) is 0. The van der Waals surface area contributed by atoms with Crippen LogP contribution in [-0.4, -0.2) is 0 Å². The lowest BCUT2D eigenvalue weighted by molar-refractivity contribution is 1.59. The largest absolute Gasteiger partial charge is 0.0622 e. The first-order valence-electron chi connectivity index (χ1n) is 5.59. The Labute approximate surface area is 135 Å². The Bertz CT molecular complexity index is 501. The summed E-state index contributed by atoms with van der Waals surface area (Å²) in [5, 5.41) is 0. The molecule has 0 fully saturated rings. The molecule has 0 aromatic heterocycles. The Morgan fingerprint density at radius 2 is 0.944 bits per heavy atom. The Morgan fingerprint density at radius 3 is 1.22 bits per heavy atom. The van der Waals surface area contributed by atoms with Crippen molar-refractivity contribution < 1.29 is 0 Å². The van der Waals surface area contributed by atoms with Crippen LogP contribution in [0.1, 0.15) is 11.1 Å². The third kappa shape index (κ3) is 3.23. The molecule has 0 N–H and O–H groups in total. The third-order valence-corrected chi connectivity index (χ3v) is 3.92. The molecule has 0 bridgehead atoms. The van der Waals surface area contributed by atoms with Crippen LogP contribution in [0.4, 0.5) is 0 Å². The summed E-state index contributed by atoms with van der Waals surface area (Å²) >= 11 is 4.62. The molecule has 2 aromatic carbocycles. The summed E-state index contributed by atoms with van der Waals surface area (Å²) in [4.78, 5) is 0. The standard InChI is InChI=1S/C16H12I2/c17-11-15(13-7-3-1-4-8-13)16(12-18)14-9-5-2-6-10-14/h1-12H/b15-11-,16-12+. The number of hydrogen-bond donors (Lipinski definition) is 0. The SMILES string of the molecule is I/C=C(\C(=C\I)c1ccccc1)c1ccccc1. The molecule has 0 radical (unpaired) electrons. The van der Waals surface area contributed by atoms with Gasteiger partial charge in [-0.15, -0.1) is 0 Å². The predicted octanol–water partition coefficient (Wildman–Crippen LogP) is 5.94. The second kappa shape index (κ2) is 7.09. The molecule has 0 spiro atoms. The van der Waals surface area contributed by atoms with Crippen molar-refractivity contribution in [3.63, 3.8) is 0 Å². The van der Waals surface area contributed by atoms with Crippen LogP contribution in [0.3, 0.4) is 0 Å². The van der Waals surface area contributed by atoms with E-state index in [-0.39, 0.29) is 0 Å². The molecule has 0 nitrogen and oxygen atoms in total. The second-order valence-electron chi connectivity index (χ2n) is 3.78. The summed E-state index contributed by atoms with van der Waals surface area (Å²) in [7, 11) is 0. The van der Waals surface area contributed by atoms with Crippen LogP contribution in [0, 0.1) is 0 Å². The second-order valence-corrected chi connectivity index (χ2v) is 5.02. The van der Waals surface area contributed by atoms with E-state index in [9.17, 15) is 0 Å². The van der Waals surface area contributed by atoms with E-state index in [1.165, 1.54) is 22.3 Å². The summed E-state index contributed by atoms with van der Waals surface area (Å²) in [5.41, 5.74) is 5.02. The van der Waals surface area contributed by atoms with Gasteiger partial charge >= 0.3 is 0 Å². The maximum absolute atomic E-state index is 2.31. The van der Waals surface area contributed by atoms with Gasteiger partial charge in [-0.1, -0.05) is 106 Å². The zero-order chi connectivity index (χ0) is 12.8. The highest BCUT2D eigenvalue weighted by Crippen LogP contribution is 2.33. The highest BCUT2D eigenvalue weighted by Gasteiger charge is 2.08. The molecule has 0 heterocycles. The maximum Gasteiger partial charge on any atom is -0.00401 e. The van der Waals surface area contributed by atoms with Crippen molar-refractivity contribution in [2.45, 2.75) is 0 Å². The van der Waals surface area contributed by atoms with Crippen LogP contribution in [0.5, 0.6) is 0 Å². The summed E-state index contributed by atoms with van der Waals surface area (Å²) < 4.78 is 4.29. The summed E-state index contributed by atoms with van der Waals surface area (Å²) in [5.74, 6) is 0. The van der Waals surface area contributed by atoms with Gasteiger partial charge in [0.15, 0.2) is 0 Å². The zero-order valence-electron chi connectivity index (χ0n) is 9.68. The average molecular weight is 458 g/mol. The van der Waals surface area contributed by atoms with E-state index >= 15 is 0 Å². The van der Waals surface area contributed by atoms with Crippen molar-refractivity contribution >= 4 is 56.3 Å². The van der Waals surface area contributed by atoms with Gasteiger partial charge in [0.05, 0.1) is 0 Å². The van der Waals surface area contributed by atoms with Crippen molar-refractivity contribution in [3.05, 3.63) is 80.0 Å². The van der Waals surface area contributed by atoms with Crippen molar-refractivity contribution in [2.24, 2.45) is 0 Å². The highest BCUT2D eigenvalue weighted by molar-refractivity contribution is 14.1. The molecule has 0 aliphatic rings. The minimum absolute atomic E-state index is 1.25. The molecular weight excluding hydrogens is 446 g/mol. The fraction of sp³-hybridized carbons (Fsp3) is 0. The molecule has 2 rings (SSSR count). The molecule has 0 unspecified atom stereocenters. The van der Waals surface area contributed by atoms with Crippen LogP contribution in [0.15, 0.2) is 68.8 Å². The van der Waals surface area contributed by atoms with Gasteiger partial charge in [-0.3, -0.25) is 0 Å². The lowest BCUT2D eigenvalue weighted by atomic mass is 9.95. The molecule has 0 saturated heterocycles. The van der Waals surface area contributed by atoms with E-state index in [0.29, 0.717) is 0 Å². The molecule has 0 aliphatic heterocycles. The van der Waals surface area contributed by atoms with Gasteiger partial charge in [0.2, 0.25) is 0 Å². The van der Waals surface area contributed by atoms with Gasteiger partial charge in [-0.2, -0.15) is 0 Å². The lowest BCUT2D eigenvalue weighted by Crippen LogP contribution is -1.89. The molecule has 2 heteroatoms. The van der Waals surface area contributed by atoms with Crippen molar-refractivity contribution in [1.82, 2.24) is 0 Å². The maximum atomic E-state index is 2.31. The van der Waals surface area contributed by atoms with Crippen LogP contribution in [0.25, 0.3) is 11.1 Å². The van der Waals surface area contributed by atoms with Crippen LogP contribution >= 0.6 is 45.2 Å². The normalized spacial score (nSPS) is 12.6. The lowest BCUT2D eigenvalue weighted by Gasteiger charge is -2.11. The van der Waals surface area contributed by atoms with Gasteiger partial charge in [0.1, 0.15) is 0 Å². The van der Waals surface area contributed by atoms with E-state index in [4.69, 9.17) is 0 Å². The Hall–Kier alpha value is -0.620. The Balaban J connectivity index is 2.45. The van der Waals surface area contributed by atoms with Crippen molar-refractivity contribution in [3.8, 4) is 0 Å². The number of rotatable bonds is 3. The summed E-state index contributed by atoms with van der Waals surface area (Å²) in [6.07, 6.45) is 0. The van der Waals surface area contributed by atoms with Crippen molar-refractivity contribution in [1.29, 1.82) is 0 Å². The summed E-state index contributed by atoms with van der Waals surface area (Å²) in [6, 6.07) is 21.0. The monoisotopic (exact) mass is 458 g/mol. The van der Waals surface area contributed by atoms with Crippen molar-refractivity contribution in [2.75, 3.05) is 0 Å². The van der Waals surface area contributed by atoms with Crippen LogP contribution in [-0.2, 0) is 0 Å². The van der Waals surface area contributed by atoms with Gasteiger partial charge < -0.3 is 0 Å². The molecule has 0 amide bonds. The van der Waals surface area contributed by atoms with E-state index < -0.39 is 0 Å². The van der Waals surface area contributed by atoms with Gasteiger partial charge in [-0.25, -0.2) is 0 Å². The number of halogens is 2. The fourth-order valence-electron chi connectivity index (χ4n) is 1.79. The van der Waals surface area contributed by atoms with Gasteiger partial charge in [0.25, 0.3) is 0 Å². The Morgan fingerprint density at radius 1 is 0.611 bits per heavy atom. The predicted molar refractivity (Wildman–Crippen MR) is 96.9 cm³/mol. The van der Waals surface area contributed by atoms with Crippen LogP contribution in [0.2, 0.25) is 0 Å². The highest BCUT2D eigenvalue weighted by atomic mass is 127. The topological polar surface area (TPSA) is 0 Å². The molecule has 18 heavy (non-hydrogen) atoms. The molecule has 90 valence electrons. The average Bonchev–Trinajstić information content (AvgIpc) is 2.46. The van der Waals surface area contributed by atoms with E-state index in [2.05, 4.69) is 102 Å². The quantitative estimate of drug-likeness (QED) is 0.395. The number of allylic oxidation sites excluding steroid dienone is 2. The zero-order valence-corrected chi connectivity index (χ0v) is 14.0. The smallest absolute Gasteiger partial charge is 0.00401 e. The third-order valence-electron chi connectivity index (χ3n) is 2.68.